The minimum atomic E-state index is 0. The maximum absolute atomic E-state index is 5.24. The molecule has 1 N–H and O–H groups in total. The maximum Gasteiger partial charge on any atom is 0.193 e. The second-order valence-electron chi connectivity index (χ2n) is 7.61. The number of benzene rings is 1. The molecule has 0 bridgehead atoms. The van der Waals surface area contributed by atoms with E-state index in [9.17, 15) is 0 Å². The van der Waals surface area contributed by atoms with E-state index in [1.165, 1.54) is 31.7 Å². The van der Waals surface area contributed by atoms with E-state index < -0.39 is 0 Å². The molecule has 0 aliphatic carbocycles. The average Bonchev–Trinajstić information content (AvgIpc) is 2.67. The first-order valence-corrected chi connectivity index (χ1v) is 10.0. The third-order valence-corrected chi connectivity index (χ3v) is 4.99. The van der Waals surface area contributed by atoms with Crippen molar-refractivity contribution in [2.45, 2.75) is 20.4 Å². The fourth-order valence-electron chi connectivity index (χ4n) is 3.32. The Labute approximate surface area is 188 Å². The van der Waals surface area contributed by atoms with Gasteiger partial charge in [-0.15, -0.1) is 24.0 Å². The lowest BCUT2D eigenvalue weighted by Crippen LogP contribution is -2.46. The molecule has 0 radical (unpaired) electrons. The van der Waals surface area contributed by atoms with Gasteiger partial charge in [-0.3, -0.25) is 4.99 Å². The van der Waals surface area contributed by atoms with Crippen LogP contribution in [0, 0.1) is 5.92 Å². The number of rotatable bonds is 8. The molecule has 1 saturated heterocycles. The van der Waals surface area contributed by atoms with Crippen LogP contribution in [0.2, 0.25) is 0 Å². The normalized spacial score (nSPS) is 17.0. The number of likely N-dealkylation sites (N-methyl/N-ethyl adjacent to an activating group) is 1. The van der Waals surface area contributed by atoms with E-state index in [-0.39, 0.29) is 24.0 Å². The highest BCUT2D eigenvalue weighted by Gasteiger charge is 2.16. The summed E-state index contributed by atoms with van der Waals surface area (Å²) in [5.41, 5.74) is 1.24. The number of hydrogen-bond acceptors (Lipinski definition) is 4. The standard InChI is InChI=1S/C21H37N5O.HI/c1-6-22-21(25(4)17-19-7-9-20(27-5)10-8-19)23-15-18(2)16-26-13-11-24(3)12-14-26;/h7-10,18H,6,11-17H2,1-5H3,(H,22,23);1H. The van der Waals surface area contributed by atoms with Gasteiger partial charge in [-0.25, -0.2) is 0 Å². The number of halogens is 1. The summed E-state index contributed by atoms with van der Waals surface area (Å²) in [6.45, 7) is 12.8. The number of nitrogens with zero attached hydrogens (tertiary/aromatic N) is 4. The van der Waals surface area contributed by atoms with E-state index in [1.807, 2.05) is 12.1 Å². The number of methoxy groups -OCH3 is 1. The van der Waals surface area contributed by atoms with E-state index >= 15 is 0 Å². The minimum absolute atomic E-state index is 0. The second kappa shape index (κ2) is 13.2. The van der Waals surface area contributed by atoms with Crippen LogP contribution >= 0.6 is 24.0 Å². The molecular formula is C21H38IN5O. The van der Waals surface area contributed by atoms with Crippen molar-refractivity contribution in [2.24, 2.45) is 10.9 Å². The number of aliphatic imine (C=N–C) groups is 1. The maximum atomic E-state index is 5.24. The molecule has 2 rings (SSSR count). The molecule has 1 aliphatic heterocycles. The number of nitrogens with one attached hydrogen (secondary N) is 1. The van der Waals surface area contributed by atoms with E-state index in [0.717, 1.165) is 37.9 Å². The first kappa shape index (κ1) is 25.0. The molecule has 160 valence electrons. The van der Waals surface area contributed by atoms with E-state index in [4.69, 9.17) is 9.73 Å². The van der Waals surface area contributed by atoms with Gasteiger partial charge >= 0.3 is 0 Å². The molecule has 6 nitrogen and oxygen atoms in total. The molecule has 0 aromatic heterocycles. The van der Waals surface area contributed by atoms with Crippen LogP contribution in [0.25, 0.3) is 0 Å². The minimum Gasteiger partial charge on any atom is -0.497 e. The van der Waals surface area contributed by atoms with Crippen LogP contribution in [0.4, 0.5) is 0 Å². The Kier molecular flexibility index (Phi) is 11.8. The van der Waals surface area contributed by atoms with E-state index in [2.05, 4.69) is 60.1 Å². The van der Waals surface area contributed by atoms with E-state index in [1.54, 1.807) is 7.11 Å². The zero-order chi connectivity index (χ0) is 19.6. The first-order valence-electron chi connectivity index (χ1n) is 10.0. The monoisotopic (exact) mass is 503 g/mol. The third kappa shape index (κ3) is 8.53. The summed E-state index contributed by atoms with van der Waals surface area (Å²) in [6.07, 6.45) is 0. The number of ether oxygens (including phenoxy) is 1. The van der Waals surface area contributed by atoms with Crippen molar-refractivity contribution in [3.8, 4) is 5.75 Å². The second-order valence-corrected chi connectivity index (χ2v) is 7.61. The topological polar surface area (TPSA) is 43.3 Å². The zero-order valence-electron chi connectivity index (χ0n) is 18.1. The molecule has 7 heteroatoms. The van der Waals surface area contributed by atoms with Gasteiger partial charge in [-0.2, -0.15) is 0 Å². The summed E-state index contributed by atoms with van der Waals surface area (Å²) >= 11 is 0. The summed E-state index contributed by atoms with van der Waals surface area (Å²) in [7, 11) is 5.99. The van der Waals surface area contributed by atoms with Crippen LogP contribution in [0.5, 0.6) is 5.75 Å². The Morgan fingerprint density at radius 2 is 1.86 bits per heavy atom. The molecule has 1 aliphatic rings. The Balaban J connectivity index is 0.00000392. The van der Waals surface area contributed by atoms with Gasteiger partial charge in [0.2, 0.25) is 0 Å². The van der Waals surface area contributed by atoms with Gasteiger partial charge in [-0.1, -0.05) is 19.1 Å². The lowest BCUT2D eigenvalue weighted by Gasteiger charge is -2.33. The molecule has 0 spiro atoms. The molecule has 1 atom stereocenters. The highest BCUT2D eigenvalue weighted by Crippen LogP contribution is 2.13. The van der Waals surface area contributed by atoms with Crippen molar-refractivity contribution >= 4 is 29.9 Å². The Bertz CT molecular complexity index is 573. The van der Waals surface area contributed by atoms with Crippen molar-refractivity contribution in [2.75, 3.05) is 67.0 Å². The van der Waals surface area contributed by atoms with Crippen molar-refractivity contribution in [3.63, 3.8) is 0 Å². The quantitative estimate of drug-likeness (QED) is 0.336. The van der Waals surface area contributed by atoms with Crippen LogP contribution in [0.3, 0.4) is 0 Å². The van der Waals surface area contributed by atoms with Gasteiger partial charge in [0.15, 0.2) is 5.96 Å². The highest BCUT2D eigenvalue weighted by atomic mass is 127. The summed E-state index contributed by atoms with van der Waals surface area (Å²) in [5, 5.41) is 3.42. The summed E-state index contributed by atoms with van der Waals surface area (Å²) < 4.78 is 5.24. The third-order valence-electron chi connectivity index (χ3n) is 4.99. The van der Waals surface area contributed by atoms with Crippen LogP contribution in [-0.4, -0.2) is 87.7 Å². The van der Waals surface area contributed by atoms with Crippen LogP contribution in [-0.2, 0) is 6.54 Å². The fourth-order valence-corrected chi connectivity index (χ4v) is 3.32. The lowest BCUT2D eigenvalue weighted by atomic mass is 10.1. The van der Waals surface area contributed by atoms with Crippen molar-refractivity contribution in [1.29, 1.82) is 0 Å². The van der Waals surface area contributed by atoms with Crippen molar-refractivity contribution in [3.05, 3.63) is 29.8 Å². The van der Waals surface area contributed by atoms with Crippen molar-refractivity contribution < 1.29 is 4.74 Å². The molecule has 1 fully saturated rings. The predicted molar refractivity (Wildman–Crippen MR) is 129 cm³/mol. The summed E-state index contributed by atoms with van der Waals surface area (Å²) in [4.78, 5) is 12.0. The van der Waals surface area contributed by atoms with Crippen molar-refractivity contribution in [1.82, 2.24) is 20.0 Å². The first-order chi connectivity index (χ1) is 13.0. The molecule has 1 unspecified atom stereocenters. The van der Waals surface area contributed by atoms with Gasteiger partial charge in [-0.05, 0) is 37.6 Å². The summed E-state index contributed by atoms with van der Waals surface area (Å²) in [6, 6.07) is 8.22. The van der Waals surface area contributed by atoms with Gasteiger partial charge in [0.1, 0.15) is 5.75 Å². The highest BCUT2D eigenvalue weighted by molar-refractivity contribution is 14.0. The SMILES string of the molecule is CCNC(=NCC(C)CN1CCN(C)CC1)N(C)Cc1ccc(OC)cc1.I. The Morgan fingerprint density at radius 3 is 2.43 bits per heavy atom. The van der Waals surface area contributed by atoms with Gasteiger partial charge in [0.05, 0.1) is 7.11 Å². The Hall–Kier alpha value is -1.06. The number of guanidine groups is 1. The number of piperazine rings is 1. The Morgan fingerprint density at radius 1 is 1.21 bits per heavy atom. The van der Waals surface area contributed by atoms with Crippen LogP contribution < -0.4 is 10.1 Å². The zero-order valence-corrected chi connectivity index (χ0v) is 20.5. The fraction of sp³-hybridized carbons (Fsp3) is 0.667. The molecule has 1 aromatic rings. The van der Waals surface area contributed by atoms with Crippen LogP contribution in [0.15, 0.2) is 29.3 Å². The smallest absolute Gasteiger partial charge is 0.193 e. The molecular weight excluding hydrogens is 465 g/mol. The lowest BCUT2D eigenvalue weighted by molar-refractivity contribution is 0.140. The molecule has 1 heterocycles. The van der Waals surface area contributed by atoms with Gasteiger partial charge in [0, 0.05) is 59.4 Å². The van der Waals surface area contributed by atoms with Crippen LogP contribution in [0.1, 0.15) is 19.4 Å². The van der Waals surface area contributed by atoms with E-state index in [0.29, 0.717) is 5.92 Å². The van der Waals surface area contributed by atoms with Gasteiger partial charge < -0.3 is 24.8 Å². The largest absolute Gasteiger partial charge is 0.497 e. The predicted octanol–water partition coefficient (Wildman–Crippen LogP) is 2.59. The molecule has 0 saturated carbocycles. The molecule has 28 heavy (non-hydrogen) atoms. The van der Waals surface area contributed by atoms with Gasteiger partial charge in [0.25, 0.3) is 0 Å². The molecule has 0 amide bonds. The molecule has 1 aromatic carbocycles. The summed E-state index contributed by atoms with van der Waals surface area (Å²) in [5.74, 6) is 2.41. The average molecular weight is 503 g/mol. The number of hydrogen-bond donors (Lipinski definition) is 1.